The highest BCUT2D eigenvalue weighted by Gasteiger charge is 2.50. The van der Waals surface area contributed by atoms with Gasteiger partial charge in [-0.1, -0.05) is 36.4 Å². The molecule has 0 aromatic heterocycles. The summed E-state index contributed by atoms with van der Waals surface area (Å²) in [5.74, 6) is 0.173. The molecule has 5 rings (SSSR count). The van der Waals surface area contributed by atoms with E-state index in [2.05, 4.69) is 10.6 Å². The van der Waals surface area contributed by atoms with Gasteiger partial charge in [-0.2, -0.15) is 0 Å². The van der Waals surface area contributed by atoms with E-state index in [1.165, 1.54) is 0 Å². The molecular weight excluding hydrogens is 447 g/mol. The molecule has 0 unspecified atom stereocenters. The third-order valence-corrected chi connectivity index (χ3v) is 6.94. The highest BCUT2D eigenvalue weighted by atomic mass is 35.5. The van der Waals surface area contributed by atoms with Gasteiger partial charge in [0.25, 0.3) is 11.8 Å². The molecule has 0 saturated carbocycles. The molecular formula is C24H34Cl2N4O2+2. The van der Waals surface area contributed by atoms with Crippen LogP contribution < -0.4 is 10.6 Å². The zero-order valence-corrected chi connectivity index (χ0v) is 20.4. The number of hydrogen-bond acceptors (Lipinski definition) is 2. The number of carbonyl (C=O) groups is 2. The molecule has 0 aliphatic carbocycles. The summed E-state index contributed by atoms with van der Waals surface area (Å²) in [6, 6.07) is 15.8. The Bertz CT molecular complexity index is 864. The summed E-state index contributed by atoms with van der Waals surface area (Å²) >= 11 is 0. The van der Waals surface area contributed by atoms with Gasteiger partial charge >= 0.3 is 0 Å². The van der Waals surface area contributed by atoms with Gasteiger partial charge in [0.05, 0.1) is 0 Å². The molecule has 0 atom stereocenters. The topological polar surface area (TPSA) is 58.2 Å². The van der Waals surface area contributed by atoms with Gasteiger partial charge in [0.1, 0.15) is 39.3 Å². The minimum absolute atomic E-state index is 0. The summed E-state index contributed by atoms with van der Waals surface area (Å²) in [7, 11) is 0. The van der Waals surface area contributed by atoms with Crippen molar-refractivity contribution in [3.8, 4) is 0 Å². The predicted molar refractivity (Wildman–Crippen MR) is 134 cm³/mol. The Morgan fingerprint density at radius 3 is 1.28 bits per heavy atom. The van der Waals surface area contributed by atoms with Crippen LogP contribution in [0.25, 0.3) is 0 Å². The SMILES string of the molecule is Cc1ccccc1NC(=O)C[N+]12CC[N+](CC(=O)Nc3ccccc3C)(CC1)CC2.Cl.Cl. The fraction of sp³-hybridized carbons (Fsp3) is 0.417. The Morgan fingerprint density at radius 2 is 0.969 bits per heavy atom. The average Bonchev–Trinajstić information content (AvgIpc) is 2.73. The van der Waals surface area contributed by atoms with E-state index in [-0.39, 0.29) is 36.6 Å². The normalized spacial score (nSPS) is 23.4. The molecule has 6 nitrogen and oxygen atoms in total. The highest BCUT2D eigenvalue weighted by molar-refractivity contribution is 5.93. The number of halogens is 2. The largest absolute Gasteiger partial charge is 0.321 e. The van der Waals surface area contributed by atoms with E-state index in [4.69, 9.17) is 0 Å². The maximum absolute atomic E-state index is 12.7. The van der Waals surface area contributed by atoms with Crippen molar-refractivity contribution in [2.24, 2.45) is 0 Å². The van der Waals surface area contributed by atoms with Crippen LogP contribution in [0.5, 0.6) is 0 Å². The Balaban J connectivity index is 0.00000181. The minimum Gasteiger partial charge on any atom is -0.321 e. The van der Waals surface area contributed by atoms with Crippen LogP contribution in [0.1, 0.15) is 11.1 Å². The first-order valence-corrected chi connectivity index (χ1v) is 10.8. The lowest BCUT2D eigenvalue weighted by Crippen LogP contribution is -2.76. The summed E-state index contributed by atoms with van der Waals surface area (Å²) in [5.41, 5.74) is 3.96. The molecule has 3 fully saturated rings. The zero-order chi connectivity index (χ0) is 21.2. The quantitative estimate of drug-likeness (QED) is 0.622. The second kappa shape index (κ2) is 10.7. The lowest BCUT2D eigenvalue weighted by Gasteiger charge is -2.54. The van der Waals surface area contributed by atoms with E-state index in [9.17, 15) is 9.59 Å². The molecule has 0 spiro atoms. The van der Waals surface area contributed by atoms with Gasteiger partial charge in [0.15, 0.2) is 13.1 Å². The predicted octanol–water partition coefficient (Wildman–Crippen LogP) is 3.39. The lowest BCUT2D eigenvalue weighted by atomic mass is 10.1. The van der Waals surface area contributed by atoms with Crippen LogP contribution >= 0.6 is 24.8 Å². The van der Waals surface area contributed by atoms with Gasteiger partial charge in [-0.3, -0.25) is 9.59 Å². The minimum atomic E-state index is 0. The molecule has 174 valence electrons. The van der Waals surface area contributed by atoms with Gasteiger partial charge in [-0.05, 0) is 37.1 Å². The Morgan fingerprint density at radius 1 is 0.656 bits per heavy atom. The summed E-state index contributed by atoms with van der Waals surface area (Å²) in [6.07, 6.45) is 0. The Hall–Kier alpha value is -2.12. The smallest absolute Gasteiger partial charge is 0.279 e. The van der Waals surface area contributed by atoms with Crippen LogP contribution in [-0.2, 0) is 9.59 Å². The third kappa shape index (κ3) is 5.81. The first-order chi connectivity index (χ1) is 14.4. The monoisotopic (exact) mass is 480 g/mol. The van der Waals surface area contributed by atoms with Crippen molar-refractivity contribution >= 4 is 48.0 Å². The molecule has 3 saturated heterocycles. The number of aryl methyl sites for hydroxylation is 2. The average molecular weight is 481 g/mol. The van der Waals surface area contributed by atoms with Crippen LogP contribution in [-0.4, -0.2) is 73.1 Å². The van der Waals surface area contributed by atoms with E-state index in [0.717, 1.165) is 70.7 Å². The molecule has 2 aromatic carbocycles. The van der Waals surface area contributed by atoms with Crippen LogP contribution in [0.2, 0.25) is 0 Å². The Labute approximate surface area is 203 Å². The lowest BCUT2D eigenvalue weighted by molar-refractivity contribution is -1.07. The maximum Gasteiger partial charge on any atom is 0.279 e. The van der Waals surface area contributed by atoms with E-state index in [1.54, 1.807) is 0 Å². The van der Waals surface area contributed by atoms with Crippen molar-refractivity contribution in [2.75, 3.05) is 63.0 Å². The molecule has 32 heavy (non-hydrogen) atoms. The van der Waals surface area contributed by atoms with Crippen molar-refractivity contribution < 1.29 is 18.6 Å². The second-order valence-corrected chi connectivity index (χ2v) is 9.07. The van der Waals surface area contributed by atoms with Gasteiger partial charge < -0.3 is 19.6 Å². The van der Waals surface area contributed by atoms with Crippen molar-refractivity contribution in [3.05, 3.63) is 59.7 Å². The van der Waals surface area contributed by atoms with Crippen molar-refractivity contribution in [3.63, 3.8) is 0 Å². The van der Waals surface area contributed by atoms with E-state index in [0.29, 0.717) is 13.1 Å². The first kappa shape index (κ1) is 26.1. The molecule has 2 N–H and O–H groups in total. The number of para-hydroxylation sites is 2. The van der Waals surface area contributed by atoms with Gasteiger partial charge in [0.2, 0.25) is 0 Å². The zero-order valence-electron chi connectivity index (χ0n) is 18.8. The number of quaternary nitrogens is 2. The fourth-order valence-electron chi connectivity index (χ4n) is 4.83. The van der Waals surface area contributed by atoms with Crippen LogP contribution in [0, 0.1) is 13.8 Å². The number of rotatable bonds is 6. The number of benzene rings is 2. The van der Waals surface area contributed by atoms with E-state index in [1.807, 2.05) is 62.4 Å². The van der Waals surface area contributed by atoms with Gasteiger partial charge in [-0.25, -0.2) is 0 Å². The van der Waals surface area contributed by atoms with E-state index >= 15 is 0 Å². The summed E-state index contributed by atoms with van der Waals surface area (Å²) < 4.78 is 1.69. The molecule has 3 aliphatic heterocycles. The number of fused-ring (bicyclic) bond motifs is 3. The van der Waals surface area contributed by atoms with Crippen molar-refractivity contribution in [1.29, 1.82) is 0 Å². The van der Waals surface area contributed by atoms with Crippen LogP contribution in [0.3, 0.4) is 0 Å². The molecule has 2 bridgehead atoms. The third-order valence-electron chi connectivity index (χ3n) is 6.94. The molecule has 2 aromatic rings. The highest BCUT2D eigenvalue weighted by Crippen LogP contribution is 2.27. The fourth-order valence-corrected chi connectivity index (χ4v) is 4.83. The molecule has 8 heteroatoms. The van der Waals surface area contributed by atoms with Crippen molar-refractivity contribution in [2.45, 2.75) is 13.8 Å². The summed E-state index contributed by atoms with van der Waals surface area (Å²) in [4.78, 5) is 25.4. The number of carbonyl (C=O) groups excluding carboxylic acids is 2. The number of anilines is 2. The molecule has 3 heterocycles. The number of hydrogen-bond donors (Lipinski definition) is 2. The van der Waals surface area contributed by atoms with Gasteiger partial charge in [0, 0.05) is 11.4 Å². The standard InChI is InChI=1S/C24H30N4O2.2ClH/c1-19-7-3-5-9-21(19)25-23(29)17-27-11-14-28(15-12-27,16-13-27)18-24(30)26-22-10-6-4-8-20(22)2;;/h3-10H,11-18H2,1-2H3;2*1H/p+2. The van der Waals surface area contributed by atoms with Gasteiger partial charge in [-0.15, -0.1) is 24.8 Å². The first-order valence-electron chi connectivity index (χ1n) is 10.8. The molecule has 3 aliphatic rings. The number of amides is 2. The summed E-state index contributed by atoms with van der Waals surface area (Å²) in [6.45, 7) is 10.8. The molecule has 2 amide bonds. The van der Waals surface area contributed by atoms with Crippen LogP contribution in [0.4, 0.5) is 11.4 Å². The number of nitrogens with zero attached hydrogens (tertiary/aromatic N) is 2. The van der Waals surface area contributed by atoms with Crippen LogP contribution in [0.15, 0.2) is 48.5 Å². The maximum atomic E-state index is 12.7. The molecule has 0 radical (unpaired) electrons. The Kier molecular flexibility index (Phi) is 8.71. The number of piperazine rings is 3. The van der Waals surface area contributed by atoms with E-state index < -0.39 is 0 Å². The number of nitrogens with one attached hydrogen (secondary N) is 2. The summed E-state index contributed by atoms with van der Waals surface area (Å²) in [5, 5.41) is 6.17. The second-order valence-electron chi connectivity index (χ2n) is 9.07. The van der Waals surface area contributed by atoms with Crippen molar-refractivity contribution in [1.82, 2.24) is 0 Å².